The molecule has 7 nitrogen and oxygen atoms in total. The molecule has 0 fully saturated rings. The van der Waals surface area contributed by atoms with Gasteiger partial charge in [-0.1, -0.05) is 25.1 Å². The van der Waals surface area contributed by atoms with Gasteiger partial charge >= 0.3 is 0 Å². The second-order valence-electron chi connectivity index (χ2n) is 7.61. The number of nitrogens with zero attached hydrogens (tertiary/aromatic N) is 1. The van der Waals surface area contributed by atoms with Crippen LogP contribution in [0.5, 0.6) is 0 Å². The molecule has 1 aliphatic heterocycles. The van der Waals surface area contributed by atoms with Crippen molar-refractivity contribution in [1.29, 1.82) is 5.41 Å². The van der Waals surface area contributed by atoms with Gasteiger partial charge in [0.25, 0.3) is 0 Å². The summed E-state index contributed by atoms with van der Waals surface area (Å²) >= 11 is 0. The predicted octanol–water partition coefficient (Wildman–Crippen LogP) is 4.34. The number of benzene rings is 2. The number of allylic oxidation sites excluding steroid dienone is 1. The fourth-order valence-electron chi connectivity index (χ4n) is 3.66. The van der Waals surface area contributed by atoms with E-state index < -0.39 is 0 Å². The largest absolute Gasteiger partial charge is 0.398 e. The van der Waals surface area contributed by atoms with E-state index in [9.17, 15) is 4.79 Å². The van der Waals surface area contributed by atoms with E-state index in [1.807, 2.05) is 43.3 Å². The van der Waals surface area contributed by atoms with Crippen LogP contribution >= 0.6 is 0 Å². The van der Waals surface area contributed by atoms with Crippen LogP contribution in [-0.2, 0) is 4.79 Å². The number of hydrogen-bond donors (Lipinski definition) is 5. The molecule has 3 rings (SSSR count). The highest BCUT2D eigenvalue weighted by Crippen LogP contribution is 2.38. The number of para-hydroxylation sites is 1. The average Bonchev–Trinajstić information content (AvgIpc) is 2.91. The Morgan fingerprint density at radius 3 is 2.87 bits per heavy atom. The number of hydrogen-bond acceptors (Lipinski definition) is 6. The van der Waals surface area contributed by atoms with Gasteiger partial charge in [0.1, 0.15) is 0 Å². The van der Waals surface area contributed by atoms with E-state index in [0.717, 1.165) is 46.7 Å². The van der Waals surface area contributed by atoms with Gasteiger partial charge in [0.05, 0.1) is 17.1 Å². The van der Waals surface area contributed by atoms with E-state index in [-0.39, 0.29) is 11.9 Å². The molecule has 1 atom stereocenters. The second-order valence-corrected chi connectivity index (χ2v) is 7.61. The third kappa shape index (κ3) is 4.94. The Kier molecular flexibility index (Phi) is 7.07. The van der Waals surface area contributed by atoms with Crippen LogP contribution in [-0.4, -0.2) is 38.0 Å². The Balaban J connectivity index is 2.17. The van der Waals surface area contributed by atoms with E-state index in [1.54, 1.807) is 13.3 Å². The van der Waals surface area contributed by atoms with Crippen molar-refractivity contribution in [2.75, 3.05) is 29.5 Å². The third-order valence-electron chi connectivity index (χ3n) is 5.14. The quantitative estimate of drug-likeness (QED) is 0.430. The third-order valence-corrected chi connectivity index (χ3v) is 5.14. The summed E-state index contributed by atoms with van der Waals surface area (Å²) in [6.07, 6.45) is 4.19. The maximum Gasteiger partial charge on any atom is 0.226 e. The molecule has 31 heavy (non-hydrogen) atoms. The van der Waals surface area contributed by atoms with E-state index in [1.165, 1.54) is 6.21 Å². The zero-order valence-electron chi connectivity index (χ0n) is 18.3. The summed E-state index contributed by atoms with van der Waals surface area (Å²) in [5, 5.41) is 17.6. The summed E-state index contributed by atoms with van der Waals surface area (Å²) < 4.78 is 0. The highest BCUT2D eigenvalue weighted by molar-refractivity contribution is 6.11. The smallest absolute Gasteiger partial charge is 0.226 e. The van der Waals surface area contributed by atoms with Gasteiger partial charge in [-0.25, -0.2) is 0 Å². The molecule has 0 spiro atoms. The molecule has 1 amide bonds. The second kappa shape index (κ2) is 9.93. The lowest BCUT2D eigenvalue weighted by Crippen LogP contribution is -2.19. The van der Waals surface area contributed by atoms with Crippen molar-refractivity contribution in [3.8, 4) is 11.1 Å². The molecule has 0 aliphatic carbocycles. The van der Waals surface area contributed by atoms with Crippen molar-refractivity contribution in [2.45, 2.75) is 32.7 Å². The molecular weight excluding hydrogens is 388 g/mol. The number of amides is 1. The standard InChI is InChI=1S/C24H30N6O/c1-4-10-28-20-9-8-16(12-19(20)23(26)17(13-25)14-27-3)18-6-5-7-21-24(18)29-15(2)11-22(31)30-21/h5-9,12-15,25,28-29H,4,10-11,26H2,1-3H3,(H,30,31)/t15-/m1/s1. The molecule has 0 bridgehead atoms. The molecule has 2 aromatic rings. The lowest BCUT2D eigenvalue weighted by Gasteiger charge is -2.19. The highest BCUT2D eigenvalue weighted by atomic mass is 16.1. The SMILES string of the molecule is CCCNc1ccc(-c2cccc3c2N[C@H](C)CC(=O)N3)cc1C(N)=C(C=N)C=NC. The van der Waals surface area contributed by atoms with Gasteiger partial charge in [-0.2, -0.15) is 0 Å². The zero-order valence-corrected chi connectivity index (χ0v) is 18.3. The van der Waals surface area contributed by atoms with E-state index in [0.29, 0.717) is 17.7 Å². The summed E-state index contributed by atoms with van der Waals surface area (Å²) in [5.41, 5.74) is 12.8. The molecular formula is C24H30N6O. The molecule has 0 saturated carbocycles. The first-order valence-electron chi connectivity index (χ1n) is 10.5. The van der Waals surface area contributed by atoms with Crippen LogP contribution in [0.1, 0.15) is 32.3 Å². The van der Waals surface area contributed by atoms with Crippen LogP contribution in [0.3, 0.4) is 0 Å². The topological polar surface area (TPSA) is 115 Å². The Bertz CT molecular complexity index is 1040. The molecule has 1 heterocycles. The Labute approximate surface area is 183 Å². The van der Waals surface area contributed by atoms with Crippen molar-refractivity contribution in [1.82, 2.24) is 0 Å². The lowest BCUT2D eigenvalue weighted by molar-refractivity contribution is -0.116. The van der Waals surface area contributed by atoms with Gasteiger partial charge in [0.2, 0.25) is 5.91 Å². The molecule has 2 aromatic carbocycles. The minimum Gasteiger partial charge on any atom is -0.398 e. The van der Waals surface area contributed by atoms with E-state index in [2.05, 4.69) is 27.9 Å². The van der Waals surface area contributed by atoms with Gasteiger partial charge in [0.15, 0.2) is 0 Å². The van der Waals surface area contributed by atoms with Gasteiger partial charge in [-0.3, -0.25) is 9.79 Å². The van der Waals surface area contributed by atoms with Gasteiger partial charge < -0.3 is 27.1 Å². The molecule has 1 aliphatic rings. The van der Waals surface area contributed by atoms with Crippen LogP contribution in [0, 0.1) is 5.41 Å². The number of anilines is 3. The first-order chi connectivity index (χ1) is 15.0. The first-order valence-corrected chi connectivity index (χ1v) is 10.5. The number of fused-ring (bicyclic) bond motifs is 1. The maximum absolute atomic E-state index is 12.1. The molecule has 0 aromatic heterocycles. The number of nitrogens with one attached hydrogen (secondary N) is 4. The minimum absolute atomic E-state index is 0.00245. The fraction of sp³-hybridized carbons (Fsp3) is 0.292. The summed E-state index contributed by atoms with van der Waals surface area (Å²) in [6, 6.07) is 12.0. The lowest BCUT2D eigenvalue weighted by atomic mass is 9.96. The normalized spacial score (nSPS) is 16.6. The summed E-state index contributed by atoms with van der Waals surface area (Å²) in [6.45, 7) is 4.91. The fourth-order valence-corrected chi connectivity index (χ4v) is 3.66. The number of carbonyl (C=O) groups is 1. The van der Waals surface area contributed by atoms with Gasteiger partial charge in [0, 0.05) is 60.9 Å². The molecule has 0 unspecified atom stereocenters. The summed E-state index contributed by atoms with van der Waals surface area (Å²) in [7, 11) is 1.66. The summed E-state index contributed by atoms with van der Waals surface area (Å²) in [5.74, 6) is -0.00245. The van der Waals surface area contributed by atoms with Gasteiger partial charge in [-0.15, -0.1) is 0 Å². The number of nitrogens with two attached hydrogens (primary N) is 1. The number of aliphatic imine (C=N–C) groups is 1. The molecule has 0 saturated heterocycles. The van der Waals surface area contributed by atoms with Crippen LogP contribution in [0.25, 0.3) is 16.8 Å². The van der Waals surface area contributed by atoms with Crippen molar-refractivity contribution in [2.24, 2.45) is 10.7 Å². The summed E-state index contributed by atoms with van der Waals surface area (Å²) in [4.78, 5) is 16.2. The molecule has 7 heteroatoms. The average molecular weight is 419 g/mol. The maximum atomic E-state index is 12.1. The number of carbonyl (C=O) groups excluding carboxylic acids is 1. The monoisotopic (exact) mass is 418 g/mol. The van der Waals surface area contributed by atoms with E-state index >= 15 is 0 Å². The first kappa shape index (κ1) is 22.1. The Morgan fingerprint density at radius 1 is 1.35 bits per heavy atom. The van der Waals surface area contributed by atoms with Crippen molar-refractivity contribution in [3.63, 3.8) is 0 Å². The Morgan fingerprint density at radius 2 is 2.16 bits per heavy atom. The van der Waals surface area contributed by atoms with Gasteiger partial charge in [-0.05, 0) is 37.1 Å². The van der Waals surface area contributed by atoms with Crippen LogP contribution < -0.4 is 21.7 Å². The van der Waals surface area contributed by atoms with Crippen molar-refractivity contribution >= 4 is 41.1 Å². The van der Waals surface area contributed by atoms with Crippen LogP contribution in [0.4, 0.5) is 17.1 Å². The van der Waals surface area contributed by atoms with Crippen molar-refractivity contribution in [3.05, 3.63) is 47.5 Å². The minimum atomic E-state index is -0.00245. The Hall–Kier alpha value is -3.61. The predicted molar refractivity (Wildman–Crippen MR) is 131 cm³/mol. The van der Waals surface area contributed by atoms with Crippen LogP contribution in [0.2, 0.25) is 0 Å². The molecule has 6 N–H and O–H groups in total. The highest BCUT2D eigenvalue weighted by Gasteiger charge is 2.21. The molecule has 162 valence electrons. The molecule has 0 radical (unpaired) electrons. The van der Waals surface area contributed by atoms with Crippen molar-refractivity contribution < 1.29 is 4.79 Å². The zero-order chi connectivity index (χ0) is 22.4. The van der Waals surface area contributed by atoms with Crippen LogP contribution in [0.15, 0.2) is 47.0 Å². The number of rotatable bonds is 7. The van der Waals surface area contributed by atoms with E-state index in [4.69, 9.17) is 11.1 Å².